The molecule has 9 nitrogen and oxygen atoms in total. The smallest absolute Gasteiger partial charge is 0.337 e. The number of amides is 3. The number of nitrogens with one attached hydrogen (secondary N) is 2. The minimum atomic E-state index is -1.13. The van der Waals surface area contributed by atoms with E-state index in [2.05, 4.69) is 15.4 Å². The number of carbonyl (C=O) groups excluding carboxylic acids is 5. The van der Waals surface area contributed by atoms with Gasteiger partial charge in [0.15, 0.2) is 5.78 Å². The van der Waals surface area contributed by atoms with E-state index in [4.69, 9.17) is 5.73 Å². The van der Waals surface area contributed by atoms with E-state index >= 15 is 0 Å². The lowest BCUT2D eigenvalue weighted by Gasteiger charge is -2.25. The van der Waals surface area contributed by atoms with Crippen LogP contribution >= 0.6 is 0 Å². The molecule has 3 amide bonds. The van der Waals surface area contributed by atoms with Gasteiger partial charge in [-0.2, -0.15) is 0 Å². The quantitative estimate of drug-likeness (QED) is 0.317. The normalized spacial score (nSPS) is 20.5. The Morgan fingerprint density at radius 3 is 2.40 bits per heavy atom. The van der Waals surface area contributed by atoms with Gasteiger partial charge >= 0.3 is 5.97 Å². The van der Waals surface area contributed by atoms with Gasteiger partial charge in [0.25, 0.3) is 0 Å². The number of rotatable bonds is 8. The minimum Gasteiger partial charge on any atom is -0.465 e. The van der Waals surface area contributed by atoms with E-state index in [0.717, 1.165) is 0 Å². The van der Waals surface area contributed by atoms with Crippen LogP contribution < -0.4 is 16.4 Å². The van der Waals surface area contributed by atoms with E-state index in [1.165, 1.54) is 14.0 Å². The van der Waals surface area contributed by atoms with E-state index < -0.39 is 53.4 Å². The highest BCUT2D eigenvalue weighted by Gasteiger charge is 2.46. The summed E-state index contributed by atoms with van der Waals surface area (Å²) < 4.78 is 4.68. The average Bonchev–Trinajstić information content (AvgIpc) is 2.96. The maximum atomic E-state index is 12.9. The second-order valence-corrected chi connectivity index (χ2v) is 7.74. The highest BCUT2D eigenvalue weighted by Crippen LogP contribution is 2.23. The van der Waals surface area contributed by atoms with Crippen LogP contribution in [0.5, 0.6) is 0 Å². The maximum Gasteiger partial charge on any atom is 0.337 e. The maximum absolute atomic E-state index is 12.9. The average molecular weight is 417 g/mol. The third kappa shape index (κ3) is 5.10. The number of carbonyl (C=O) groups is 5. The second-order valence-electron chi connectivity index (χ2n) is 7.74. The summed E-state index contributed by atoms with van der Waals surface area (Å²) in [7, 11) is 1.27. The van der Waals surface area contributed by atoms with Crippen LogP contribution in [0.15, 0.2) is 24.3 Å². The fourth-order valence-electron chi connectivity index (χ4n) is 3.39. The number of nitrogens with two attached hydrogens (primary N) is 1. The van der Waals surface area contributed by atoms with Gasteiger partial charge in [-0.25, -0.2) is 4.79 Å². The van der Waals surface area contributed by atoms with Gasteiger partial charge in [-0.15, -0.1) is 0 Å². The molecule has 0 saturated carbocycles. The molecule has 9 heteroatoms. The monoisotopic (exact) mass is 417 g/mol. The van der Waals surface area contributed by atoms with Crippen LogP contribution in [-0.4, -0.2) is 42.6 Å². The van der Waals surface area contributed by atoms with Gasteiger partial charge in [0.1, 0.15) is 5.92 Å². The van der Waals surface area contributed by atoms with Crippen molar-refractivity contribution in [1.29, 1.82) is 0 Å². The van der Waals surface area contributed by atoms with E-state index in [1.54, 1.807) is 38.1 Å². The lowest BCUT2D eigenvalue weighted by Crippen LogP contribution is -2.49. The number of imide groups is 1. The third-order valence-corrected chi connectivity index (χ3v) is 5.18. The number of esters is 1. The van der Waals surface area contributed by atoms with Gasteiger partial charge in [0.2, 0.25) is 17.7 Å². The molecule has 0 bridgehead atoms. The number of hydrogen-bond donors (Lipinski definition) is 3. The number of methoxy groups -OCH3 is 1. The Labute approximate surface area is 174 Å². The van der Waals surface area contributed by atoms with E-state index in [1.807, 2.05) is 0 Å². The van der Waals surface area contributed by atoms with Gasteiger partial charge in [0.05, 0.1) is 24.6 Å². The van der Waals surface area contributed by atoms with Crippen molar-refractivity contribution in [1.82, 2.24) is 10.6 Å². The molecule has 162 valence electrons. The fourth-order valence-corrected chi connectivity index (χ4v) is 3.39. The highest BCUT2D eigenvalue weighted by molar-refractivity contribution is 6.16. The molecule has 1 heterocycles. The summed E-state index contributed by atoms with van der Waals surface area (Å²) in [6.45, 7) is 4.98. The molecule has 2 rings (SSSR count). The Balaban J connectivity index is 2.09. The molecule has 1 aromatic carbocycles. The lowest BCUT2D eigenvalue weighted by molar-refractivity contribution is -0.137. The van der Waals surface area contributed by atoms with Crippen molar-refractivity contribution in [3.63, 3.8) is 0 Å². The molecule has 1 aliphatic rings. The first kappa shape index (κ1) is 23.2. The molecule has 1 aliphatic heterocycles. The molecule has 0 spiro atoms. The minimum absolute atomic E-state index is 0.132. The van der Waals surface area contributed by atoms with Crippen molar-refractivity contribution in [2.45, 2.75) is 39.3 Å². The molecule has 0 aliphatic carbocycles. The Morgan fingerprint density at radius 1 is 1.20 bits per heavy atom. The first-order chi connectivity index (χ1) is 14.1. The van der Waals surface area contributed by atoms with Gasteiger partial charge in [-0.3, -0.25) is 24.5 Å². The zero-order valence-corrected chi connectivity index (χ0v) is 17.4. The summed E-state index contributed by atoms with van der Waals surface area (Å²) in [5.41, 5.74) is 6.99. The molecule has 1 saturated heterocycles. The van der Waals surface area contributed by atoms with Crippen molar-refractivity contribution in [3.8, 4) is 0 Å². The molecule has 0 aromatic heterocycles. The fraction of sp³-hybridized carbons (Fsp3) is 0.476. The molecule has 4 atom stereocenters. The second kappa shape index (κ2) is 9.62. The number of hydrogen-bond acceptors (Lipinski definition) is 7. The third-order valence-electron chi connectivity index (χ3n) is 5.18. The van der Waals surface area contributed by atoms with Crippen molar-refractivity contribution < 1.29 is 28.7 Å². The SMILES string of the molecule is COC(=O)c1cccc(C(N)CC(=O)N[C@H](C(=O)[C@@H]2C(=O)NC(=O)[C@H]2C)C(C)C)c1. The summed E-state index contributed by atoms with van der Waals surface area (Å²) in [5, 5.41) is 4.80. The summed E-state index contributed by atoms with van der Waals surface area (Å²) in [5.74, 6) is -4.85. The molecule has 1 fully saturated rings. The highest BCUT2D eigenvalue weighted by atomic mass is 16.5. The standard InChI is InChI=1S/C21H27N3O6/c1-10(2)17(18(26)16-11(3)19(27)24-20(16)28)23-15(25)9-14(22)12-6-5-7-13(8-12)21(29)30-4/h5-8,10-11,14,16-17H,9,22H2,1-4H3,(H,23,25)(H,24,27,28)/t11-,14?,16+,17-/m0/s1. The van der Waals surface area contributed by atoms with Gasteiger partial charge < -0.3 is 15.8 Å². The predicted molar refractivity (Wildman–Crippen MR) is 107 cm³/mol. The number of ketones is 1. The van der Waals surface area contributed by atoms with E-state index in [-0.39, 0.29) is 12.3 Å². The van der Waals surface area contributed by atoms with E-state index in [9.17, 15) is 24.0 Å². The van der Waals surface area contributed by atoms with Crippen LogP contribution in [0.2, 0.25) is 0 Å². The largest absolute Gasteiger partial charge is 0.465 e. The Bertz CT molecular complexity index is 866. The molecule has 0 radical (unpaired) electrons. The summed E-state index contributed by atoms with van der Waals surface area (Å²) in [4.78, 5) is 60.8. The van der Waals surface area contributed by atoms with Crippen LogP contribution in [0.1, 0.15) is 49.2 Å². The molecular weight excluding hydrogens is 390 g/mol. The number of benzene rings is 1. The Hall–Kier alpha value is -3.07. The first-order valence-corrected chi connectivity index (χ1v) is 9.68. The summed E-state index contributed by atoms with van der Waals surface area (Å²) >= 11 is 0. The molecular formula is C21H27N3O6. The van der Waals surface area contributed by atoms with Crippen LogP contribution in [0.25, 0.3) is 0 Å². The van der Waals surface area contributed by atoms with Crippen LogP contribution in [-0.2, 0) is 23.9 Å². The molecule has 4 N–H and O–H groups in total. The van der Waals surface area contributed by atoms with Crippen LogP contribution in [0.4, 0.5) is 0 Å². The van der Waals surface area contributed by atoms with Crippen molar-refractivity contribution >= 4 is 29.5 Å². The van der Waals surface area contributed by atoms with Gasteiger partial charge in [-0.1, -0.05) is 32.9 Å². The zero-order chi connectivity index (χ0) is 22.6. The van der Waals surface area contributed by atoms with Crippen LogP contribution in [0, 0.1) is 17.8 Å². The molecule has 30 heavy (non-hydrogen) atoms. The lowest BCUT2D eigenvalue weighted by atomic mass is 9.85. The Morgan fingerprint density at radius 2 is 1.87 bits per heavy atom. The van der Waals surface area contributed by atoms with E-state index in [0.29, 0.717) is 11.1 Å². The topological polar surface area (TPSA) is 145 Å². The van der Waals surface area contributed by atoms with Crippen molar-refractivity contribution in [2.75, 3.05) is 7.11 Å². The number of ether oxygens (including phenoxy) is 1. The molecule has 1 unspecified atom stereocenters. The summed E-state index contributed by atoms with van der Waals surface area (Å²) in [6.07, 6.45) is -0.132. The number of Topliss-reactive ketones (excluding diaryl/α,β-unsaturated/α-hetero) is 1. The van der Waals surface area contributed by atoms with Gasteiger partial charge in [0, 0.05) is 12.5 Å². The molecule has 1 aromatic rings. The van der Waals surface area contributed by atoms with Crippen molar-refractivity contribution in [2.24, 2.45) is 23.5 Å². The predicted octanol–water partition coefficient (Wildman–Crippen LogP) is 0.482. The van der Waals surface area contributed by atoms with Crippen molar-refractivity contribution in [3.05, 3.63) is 35.4 Å². The van der Waals surface area contributed by atoms with Crippen LogP contribution in [0.3, 0.4) is 0 Å². The zero-order valence-electron chi connectivity index (χ0n) is 17.4. The Kier molecular flexibility index (Phi) is 7.44. The first-order valence-electron chi connectivity index (χ1n) is 9.68. The van der Waals surface area contributed by atoms with Gasteiger partial charge in [-0.05, 0) is 23.6 Å². The summed E-state index contributed by atoms with van der Waals surface area (Å²) in [6, 6.07) is 4.79.